The van der Waals surface area contributed by atoms with Crippen LogP contribution in [-0.2, 0) is 11.2 Å². The van der Waals surface area contributed by atoms with Crippen molar-refractivity contribution in [2.45, 2.75) is 70.3 Å². The zero-order valence-electron chi connectivity index (χ0n) is 17.9. The first-order chi connectivity index (χ1) is 15.1. The summed E-state index contributed by atoms with van der Waals surface area (Å²) < 4.78 is 7.04. The maximum atomic E-state index is 12.5. The highest BCUT2D eigenvalue weighted by atomic mass is 32.1. The standard InChI is InChI=1S/C24H30N2O4S/c1-2-3-4-5-6-7-16-8-10-17(11-9-16)21-12-18-14-26(24(29)25-23(18)31-21)22-13-19(28)20(15-27)30-22/h8-12,14,19-20,22,27-28H,2-7,13,15H2,1H3/t19-,20+,22+/m0/s1. The fourth-order valence-electron chi connectivity index (χ4n) is 4.09. The van der Waals surface area contributed by atoms with Crippen LogP contribution in [0.3, 0.4) is 0 Å². The normalized spacial score (nSPS) is 21.2. The first-order valence-electron chi connectivity index (χ1n) is 11.2. The Morgan fingerprint density at radius 3 is 2.68 bits per heavy atom. The van der Waals surface area contributed by atoms with Crippen LogP contribution >= 0.6 is 11.3 Å². The molecule has 2 N–H and O–H groups in total. The van der Waals surface area contributed by atoms with E-state index in [1.807, 2.05) is 6.07 Å². The zero-order valence-corrected chi connectivity index (χ0v) is 18.7. The second kappa shape index (κ2) is 10.0. The number of aryl methyl sites for hydroxylation is 1. The summed E-state index contributed by atoms with van der Waals surface area (Å²) in [7, 11) is 0. The fraction of sp³-hybridized carbons (Fsp3) is 0.500. The maximum Gasteiger partial charge on any atom is 0.351 e. The number of benzene rings is 1. The molecule has 0 spiro atoms. The molecule has 0 unspecified atom stereocenters. The number of hydrogen-bond donors (Lipinski definition) is 2. The van der Waals surface area contributed by atoms with Gasteiger partial charge < -0.3 is 14.9 Å². The largest absolute Gasteiger partial charge is 0.394 e. The first-order valence-corrected chi connectivity index (χ1v) is 12.0. The SMILES string of the molecule is CCCCCCCc1ccc(-c2cc3cn([C@H]4C[C@H](O)[C@@H](CO)O4)c(=O)nc3s2)cc1. The van der Waals surface area contributed by atoms with Crippen LogP contribution in [-0.4, -0.2) is 38.6 Å². The number of aliphatic hydroxyl groups is 2. The molecule has 0 bridgehead atoms. The van der Waals surface area contributed by atoms with Gasteiger partial charge in [-0.15, -0.1) is 11.3 Å². The van der Waals surface area contributed by atoms with Gasteiger partial charge >= 0.3 is 5.69 Å². The molecule has 3 aromatic rings. The number of aromatic nitrogens is 2. The van der Waals surface area contributed by atoms with Crippen LogP contribution in [0.25, 0.3) is 20.7 Å². The fourth-order valence-corrected chi connectivity index (χ4v) is 5.09. The molecule has 6 nitrogen and oxygen atoms in total. The summed E-state index contributed by atoms with van der Waals surface area (Å²) in [5.74, 6) is 0. The Bertz CT molecular complexity index is 1060. The van der Waals surface area contributed by atoms with Crippen molar-refractivity contribution in [3.63, 3.8) is 0 Å². The van der Waals surface area contributed by atoms with E-state index in [9.17, 15) is 15.0 Å². The monoisotopic (exact) mass is 442 g/mol. The zero-order chi connectivity index (χ0) is 21.8. The van der Waals surface area contributed by atoms with Crippen molar-refractivity contribution in [2.75, 3.05) is 6.61 Å². The second-order valence-electron chi connectivity index (χ2n) is 8.28. The minimum absolute atomic E-state index is 0.259. The lowest BCUT2D eigenvalue weighted by Gasteiger charge is -2.14. The van der Waals surface area contributed by atoms with Gasteiger partial charge in [-0.3, -0.25) is 4.57 Å². The number of fused-ring (bicyclic) bond motifs is 1. The van der Waals surface area contributed by atoms with E-state index in [-0.39, 0.29) is 13.0 Å². The van der Waals surface area contributed by atoms with Crippen molar-refractivity contribution in [1.82, 2.24) is 9.55 Å². The number of aliphatic hydroxyl groups excluding tert-OH is 2. The highest BCUT2D eigenvalue weighted by Gasteiger charge is 2.35. The molecule has 3 heterocycles. The lowest BCUT2D eigenvalue weighted by molar-refractivity contribution is -0.0457. The molecule has 31 heavy (non-hydrogen) atoms. The highest BCUT2D eigenvalue weighted by molar-refractivity contribution is 7.21. The molecule has 1 saturated heterocycles. The van der Waals surface area contributed by atoms with Crippen LogP contribution < -0.4 is 5.69 Å². The van der Waals surface area contributed by atoms with Gasteiger partial charge in [-0.1, -0.05) is 56.9 Å². The van der Waals surface area contributed by atoms with Gasteiger partial charge in [0.25, 0.3) is 0 Å². The molecule has 0 radical (unpaired) electrons. The first kappa shape index (κ1) is 22.1. The summed E-state index contributed by atoms with van der Waals surface area (Å²) in [5.41, 5.74) is 2.06. The van der Waals surface area contributed by atoms with E-state index in [2.05, 4.69) is 36.2 Å². The number of thiophene rings is 1. The minimum Gasteiger partial charge on any atom is -0.394 e. The third-order valence-corrected chi connectivity index (χ3v) is 7.03. The van der Waals surface area contributed by atoms with Crippen LogP contribution in [0, 0.1) is 0 Å². The molecule has 0 amide bonds. The van der Waals surface area contributed by atoms with E-state index in [4.69, 9.17) is 4.74 Å². The Hall–Kier alpha value is -2.06. The van der Waals surface area contributed by atoms with Crippen LogP contribution in [0.4, 0.5) is 0 Å². The number of unbranched alkanes of at least 4 members (excludes halogenated alkanes) is 4. The van der Waals surface area contributed by atoms with Crippen molar-refractivity contribution in [3.05, 3.63) is 52.6 Å². The second-order valence-corrected chi connectivity index (χ2v) is 9.31. The third kappa shape index (κ3) is 5.06. The average molecular weight is 443 g/mol. The molecule has 1 fully saturated rings. The molecule has 3 atom stereocenters. The molecule has 0 saturated carbocycles. The summed E-state index contributed by atoms with van der Waals surface area (Å²) in [6, 6.07) is 10.7. The van der Waals surface area contributed by atoms with E-state index in [1.165, 1.54) is 53.6 Å². The van der Waals surface area contributed by atoms with Crippen molar-refractivity contribution in [1.29, 1.82) is 0 Å². The van der Waals surface area contributed by atoms with Crippen molar-refractivity contribution >= 4 is 21.6 Å². The van der Waals surface area contributed by atoms with Gasteiger partial charge in [-0.05, 0) is 30.0 Å². The van der Waals surface area contributed by atoms with Crippen LogP contribution in [0.1, 0.15) is 57.2 Å². The van der Waals surface area contributed by atoms with Crippen LogP contribution in [0.2, 0.25) is 0 Å². The molecule has 1 aliphatic rings. The number of hydrogen-bond acceptors (Lipinski definition) is 6. The molecule has 1 aromatic carbocycles. The Morgan fingerprint density at radius 2 is 1.97 bits per heavy atom. The van der Waals surface area contributed by atoms with Gasteiger partial charge in [-0.25, -0.2) is 4.79 Å². The summed E-state index contributed by atoms with van der Waals surface area (Å²) >= 11 is 1.50. The molecule has 166 valence electrons. The van der Waals surface area contributed by atoms with Gasteiger partial charge in [-0.2, -0.15) is 4.98 Å². The van der Waals surface area contributed by atoms with Gasteiger partial charge in [0.1, 0.15) is 17.2 Å². The Labute approximate surface area is 186 Å². The van der Waals surface area contributed by atoms with Gasteiger partial charge in [0, 0.05) is 22.9 Å². The highest BCUT2D eigenvalue weighted by Crippen LogP contribution is 2.33. The minimum atomic E-state index is -0.791. The van der Waals surface area contributed by atoms with Crippen molar-refractivity contribution in [2.24, 2.45) is 0 Å². The molecular weight excluding hydrogens is 412 g/mol. The number of ether oxygens (including phenoxy) is 1. The maximum absolute atomic E-state index is 12.5. The molecular formula is C24H30N2O4S. The summed E-state index contributed by atoms with van der Waals surface area (Å²) in [6.45, 7) is 1.96. The quantitative estimate of drug-likeness (QED) is 0.483. The van der Waals surface area contributed by atoms with Gasteiger partial charge in [0.15, 0.2) is 0 Å². The molecule has 4 rings (SSSR count). The van der Waals surface area contributed by atoms with Crippen LogP contribution in [0.5, 0.6) is 0 Å². The molecule has 7 heteroatoms. The number of rotatable bonds is 9. The molecule has 2 aromatic heterocycles. The van der Waals surface area contributed by atoms with Gasteiger partial charge in [0.2, 0.25) is 0 Å². The predicted octanol–water partition coefficient (Wildman–Crippen LogP) is 4.28. The van der Waals surface area contributed by atoms with Crippen LogP contribution in [0.15, 0.2) is 41.3 Å². The summed E-state index contributed by atoms with van der Waals surface area (Å²) in [5, 5.41) is 20.1. The smallest absolute Gasteiger partial charge is 0.351 e. The van der Waals surface area contributed by atoms with E-state index in [0.717, 1.165) is 22.2 Å². The Morgan fingerprint density at radius 1 is 1.19 bits per heavy atom. The van der Waals surface area contributed by atoms with E-state index >= 15 is 0 Å². The van der Waals surface area contributed by atoms with Crippen molar-refractivity contribution < 1.29 is 14.9 Å². The third-order valence-electron chi connectivity index (χ3n) is 5.94. The summed E-state index contributed by atoms with van der Waals surface area (Å²) in [4.78, 5) is 18.5. The molecule has 1 aliphatic heterocycles. The number of nitrogens with zero attached hydrogens (tertiary/aromatic N) is 2. The topological polar surface area (TPSA) is 84.6 Å². The van der Waals surface area contributed by atoms with E-state index < -0.39 is 24.1 Å². The Balaban J connectivity index is 1.49. The van der Waals surface area contributed by atoms with E-state index in [0.29, 0.717) is 4.83 Å². The van der Waals surface area contributed by atoms with E-state index in [1.54, 1.807) is 6.20 Å². The lowest BCUT2D eigenvalue weighted by atomic mass is 10.0. The predicted molar refractivity (Wildman–Crippen MR) is 123 cm³/mol. The average Bonchev–Trinajstić information content (AvgIpc) is 3.36. The summed E-state index contributed by atoms with van der Waals surface area (Å²) in [6.07, 6.45) is 7.46. The Kier molecular flexibility index (Phi) is 7.17. The molecule has 0 aliphatic carbocycles. The lowest BCUT2D eigenvalue weighted by Crippen LogP contribution is -2.27. The van der Waals surface area contributed by atoms with Crippen molar-refractivity contribution in [3.8, 4) is 10.4 Å². The van der Waals surface area contributed by atoms with Gasteiger partial charge in [0.05, 0.1) is 12.7 Å².